The van der Waals surface area contributed by atoms with Crippen molar-refractivity contribution in [1.29, 1.82) is 0 Å². The van der Waals surface area contributed by atoms with Crippen LogP contribution in [0.15, 0.2) is 48.5 Å². The monoisotopic (exact) mass is 463 g/mol. The van der Waals surface area contributed by atoms with Gasteiger partial charge < -0.3 is 14.8 Å². The summed E-state index contributed by atoms with van der Waals surface area (Å²) in [5, 5.41) is 5.04. The average Bonchev–Trinajstić information content (AvgIpc) is 2.72. The normalized spacial score (nSPS) is 10.7. The fourth-order valence-electron chi connectivity index (χ4n) is 2.93. The van der Waals surface area contributed by atoms with Crippen molar-refractivity contribution in [3.8, 4) is 11.5 Å². The predicted octanol–water partition coefficient (Wildman–Crippen LogP) is 7.85. The fourth-order valence-corrected chi connectivity index (χ4v) is 3.47. The SMILES string of the molecule is CCOc1cc(CNc2ccc(C)c(C)c2)c(Cl)cc1OCc1ccc(Cl)c(Cl)c1. The third-order valence-electron chi connectivity index (χ3n) is 4.78. The lowest BCUT2D eigenvalue weighted by Gasteiger charge is -2.16. The van der Waals surface area contributed by atoms with Crippen LogP contribution in [0.4, 0.5) is 5.69 Å². The first-order chi connectivity index (χ1) is 14.4. The highest BCUT2D eigenvalue weighted by Crippen LogP contribution is 2.35. The van der Waals surface area contributed by atoms with Gasteiger partial charge in [0.2, 0.25) is 0 Å². The van der Waals surface area contributed by atoms with Gasteiger partial charge in [0.1, 0.15) is 6.61 Å². The first-order valence-electron chi connectivity index (χ1n) is 9.70. The molecule has 0 fully saturated rings. The van der Waals surface area contributed by atoms with Crippen molar-refractivity contribution < 1.29 is 9.47 Å². The molecule has 0 amide bonds. The first kappa shape index (κ1) is 22.6. The molecule has 0 atom stereocenters. The molecule has 3 aromatic rings. The molecule has 0 saturated carbocycles. The van der Waals surface area contributed by atoms with Crippen molar-refractivity contribution in [2.24, 2.45) is 0 Å². The van der Waals surface area contributed by atoms with Crippen molar-refractivity contribution >= 4 is 40.5 Å². The summed E-state index contributed by atoms with van der Waals surface area (Å²) in [7, 11) is 0. The fraction of sp³-hybridized carbons (Fsp3) is 0.250. The van der Waals surface area contributed by atoms with Gasteiger partial charge in [-0.15, -0.1) is 0 Å². The van der Waals surface area contributed by atoms with E-state index < -0.39 is 0 Å². The molecule has 3 aromatic carbocycles. The maximum atomic E-state index is 6.54. The highest BCUT2D eigenvalue weighted by molar-refractivity contribution is 6.42. The molecule has 0 aliphatic rings. The molecule has 1 N–H and O–H groups in total. The standard InChI is InChI=1S/C24H24Cl3NO2/c1-4-29-23-11-18(13-28-19-7-5-15(2)16(3)9-19)21(26)12-24(23)30-14-17-6-8-20(25)22(27)10-17/h5-12,28H,4,13-14H2,1-3H3. The van der Waals surface area contributed by atoms with Crippen LogP contribution < -0.4 is 14.8 Å². The van der Waals surface area contributed by atoms with E-state index in [9.17, 15) is 0 Å². The minimum absolute atomic E-state index is 0.327. The average molecular weight is 465 g/mol. The van der Waals surface area contributed by atoms with Crippen LogP contribution in [-0.2, 0) is 13.2 Å². The second-order valence-corrected chi connectivity index (χ2v) is 8.23. The number of aryl methyl sites for hydroxylation is 2. The second-order valence-electron chi connectivity index (χ2n) is 7.01. The Hall–Kier alpha value is -2.07. The molecule has 3 nitrogen and oxygen atoms in total. The number of benzene rings is 3. The molecule has 3 rings (SSSR count). The summed E-state index contributed by atoms with van der Waals surface area (Å²) in [6, 6.07) is 15.4. The van der Waals surface area contributed by atoms with Gasteiger partial charge in [0, 0.05) is 23.3 Å². The van der Waals surface area contributed by atoms with Crippen molar-refractivity contribution in [2.45, 2.75) is 33.9 Å². The van der Waals surface area contributed by atoms with E-state index in [1.54, 1.807) is 18.2 Å². The van der Waals surface area contributed by atoms with Crippen LogP contribution in [-0.4, -0.2) is 6.61 Å². The Morgan fingerprint density at radius 2 is 1.53 bits per heavy atom. The smallest absolute Gasteiger partial charge is 0.163 e. The topological polar surface area (TPSA) is 30.5 Å². The third kappa shape index (κ3) is 5.75. The van der Waals surface area contributed by atoms with Gasteiger partial charge in [0.25, 0.3) is 0 Å². The summed E-state index contributed by atoms with van der Waals surface area (Å²) >= 11 is 18.6. The van der Waals surface area contributed by atoms with Gasteiger partial charge in [-0.2, -0.15) is 0 Å². The maximum Gasteiger partial charge on any atom is 0.163 e. The van der Waals surface area contributed by atoms with E-state index in [1.807, 2.05) is 19.1 Å². The summed E-state index contributed by atoms with van der Waals surface area (Å²) in [6.45, 7) is 7.56. The number of hydrogen-bond donors (Lipinski definition) is 1. The van der Waals surface area contributed by atoms with E-state index >= 15 is 0 Å². The summed E-state index contributed by atoms with van der Waals surface area (Å²) in [6.07, 6.45) is 0. The number of ether oxygens (including phenoxy) is 2. The minimum Gasteiger partial charge on any atom is -0.490 e. The molecule has 0 aliphatic carbocycles. The number of rotatable bonds is 8. The van der Waals surface area contributed by atoms with Gasteiger partial charge in [0.15, 0.2) is 11.5 Å². The predicted molar refractivity (Wildman–Crippen MR) is 127 cm³/mol. The Morgan fingerprint density at radius 1 is 0.767 bits per heavy atom. The highest BCUT2D eigenvalue weighted by atomic mass is 35.5. The van der Waals surface area contributed by atoms with Crippen LogP contribution in [0.2, 0.25) is 15.1 Å². The largest absolute Gasteiger partial charge is 0.490 e. The summed E-state index contributed by atoms with van der Waals surface area (Å²) in [4.78, 5) is 0. The van der Waals surface area contributed by atoms with Crippen LogP contribution in [0.25, 0.3) is 0 Å². The van der Waals surface area contributed by atoms with E-state index in [2.05, 4.69) is 37.4 Å². The zero-order valence-electron chi connectivity index (χ0n) is 17.2. The minimum atomic E-state index is 0.327. The zero-order chi connectivity index (χ0) is 21.7. The lowest BCUT2D eigenvalue weighted by molar-refractivity contribution is 0.269. The van der Waals surface area contributed by atoms with Crippen molar-refractivity contribution in [3.05, 3.63) is 85.9 Å². The maximum absolute atomic E-state index is 6.54. The van der Waals surface area contributed by atoms with Gasteiger partial charge in [-0.25, -0.2) is 0 Å². The van der Waals surface area contributed by atoms with Crippen molar-refractivity contribution in [3.63, 3.8) is 0 Å². The Balaban J connectivity index is 1.75. The lowest BCUT2D eigenvalue weighted by atomic mass is 10.1. The Bertz CT molecular complexity index is 1040. The summed E-state index contributed by atoms with van der Waals surface area (Å²) < 4.78 is 11.8. The quantitative estimate of drug-likeness (QED) is 0.368. The molecule has 0 aromatic heterocycles. The molecule has 0 unspecified atom stereocenters. The highest BCUT2D eigenvalue weighted by Gasteiger charge is 2.12. The van der Waals surface area contributed by atoms with E-state index in [1.165, 1.54) is 11.1 Å². The molecule has 0 aliphatic heterocycles. The van der Waals surface area contributed by atoms with E-state index in [0.717, 1.165) is 16.8 Å². The Morgan fingerprint density at radius 3 is 2.23 bits per heavy atom. The van der Waals surface area contributed by atoms with Crippen LogP contribution >= 0.6 is 34.8 Å². The van der Waals surface area contributed by atoms with Crippen LogP contribution in [0, 0.1) is 13.8 Å². The van der Waals surface area contributed by atoms with Gasteiger partial charge in [0.05, 0.1) is 16.7 Å². The molecule has 6 heteroatoms. The Labute approximate surface area is 192 Å². The molecule has 0 saturated heterocycles. The van der Waals surface area contributed by atoms with Gasteiger partial charge >= 0.3 is 0 Å². The second kappa shape index (κ2) is 10.3. The molecular formula is C24H24Cl3NO2. The van der Waals surface area contributed by atoms with E-state index in [-0.39, 0.29) is 0 Å². The van der Waals surface area contributed by atoms with Gasteiger partial charge in [-0.3, -0.25) is 0 Å². The Kier molecular flexibility index (Phi) is 7.76. The number of hydrogen-bond acceptors (Lipinski definition) is 3. The zero-order valence-corrected chi connectivity index (χ0v) is 19.5. The molecular weight excluding hydrogens is 441 g/mol. The van der Waals surface area contributed by atoms with E-state index in [0.29, 0.717) is 46.3 Å². The van der Waals surface area contributed by atoms with Gasteiger partial charge in [-0.1, -0.05) is 46.9 Å². The molecule has 0 spiro atoms. The van der Waals surface area contributed by atoms with Crippen LogP contribution in [0.1, 0.15) is 29.2 Å². The number of halogens is 3. The van der Waals surface area contributed by atoms with Crippen molar-refractivity contribution in [1.82, 2.24) is 0 Å². The molecule has 30 heavy (non-hydrogen) atoms. The molecule has 0 bridgehead atoms. The van der Waals surface area contributed by atoms with Crippen LogP contribution in [0.3, 0.4) is 0 Å². The lowest BCUT2D eigenvalue weighted by Crippen LogP contribution is -2.04. The third-order valence-corrected chi connectivity index (χ3v) is 5.87. The number of anilines is 1. The molecule has 158 valence electrons. The number of nitrogens with one attached hydrogen (secondary N) is 1. The van der Waals surface area contributed by atoms with Crippen molar-refractivity contribution in [2.75, 3.05) is 11.9 Å². The van der Waals surface area contributed by atoms with E-state index in [4.69, 9.17) is 44.3 Å². The molecule has 0 radical (unpaired) electrons. The van der Waals surface area contributed by atoms with Gasteiger partial charge in [-0.05, 0) is 73.4 Å². The summed E-state index contributed by atoms with van der Waals surface area (Å²) in [5.74, 6) is 1.24. The molecule has 0 heterocycles. The first-order valence-corrected chi connectivity index (χ1v) is 10.8. The summed E-state index contributed by atoms with van der Waals surface area (Å²) in [5.41, 5.74) is 5.39. The van der Waals surface area contributed by atoms with Crippen LogP contribution in [0.5, 0.6) is 11.5 Å².